The maximum absolute atomic E-state index is 12.9. The highest BCUT2D eigenvalue weighted by atomic mass is 16.6. The molecule has 83 heavy (non-hydrogen) atoms. The third kappa shape index (κ3) is 69.0. The van der Waals surface area contributed by atoms with Crippen LogP contribution >= 0.6 is 0 Å². The Morgan fingerprint density at radius 3 is 0.759 bits per heavy atom. The van der Waals surface area contributed by atoms with E-state index >= 15 is 0 Å². The first-order valence-corrected chi connectivity index (χ1v) is 35.7. The number of esters is 3. The van der Waals surface area contributed by atoms with Gasteiger partial charge in [0.05, 0.1) is 0 Å². The van der Waals surface area contributed by atoms with Crippen molar-refractivity contribution in [1.29, 1.82) is 0 Å². The molecule has 478 valence electrons. The van der Waals surface area contributed by atoms with Gasteiger partial charge in [-0.3, -0.25) is 14.4 Å². The summed E-state index contributed by atoms with van der Waals surface area (Å²) < 4.78 is 16.9. The molecular formula is C77H134O6. The SMILES string of the molecule is CC/C=C\C/C=C\C/C=C\C/C=C\C/C=C\CCCCCCCCCCCCCCCCCCCCCC(=O)OCC(COC(=O)CCCCCCCCCCCCC)OC(=O)CCCCCCCC/C=C\C/C=C\C/C=C\CCCCC. The molecule has 0 amide bonds. The molecule has 6 nitrogen and oxygen atoms in total. The Kier molecular flexibility index (Phi) is 67.7. The molecule has 0 saturated carbocycles. The second-order valence-corrected chi connectivity index (χ2v) is 23.8. The number of ether oxygens (including phenoxy) is 3. The smallest absolute Gasteiger partial charge is 0.306 e. The first-order valence-electron chi connectivity index (χ1n) is 35.7. The fraction of sp³-hybridized carbons (Fsp3) is 0.753. The zero-order valence-electron chi connectivity index (χ0n) is 54.9. The maximum Gasteiger partial charge on any atom is 0.306 e. The predicted molar refractivity (Wildman–Crippen MR) is 362 cm³/mol. The number of carbonyl (C=O) groups excluding carboxylic acids is 3. The standard InChI is InChI=1S/C77H134O6/c1-4-7-10-13-16-19-22-24-26-28-30-31-32-33-34-35-36-37-38-39-40-41-42-43-44-45-47-48-50-52-55-58-61-64-67-70-76(79)82-73-74(72-81-75(78)69-66-63-60-57-54-21-18-15-12-9-6-3)83-77(80)71-68-65-62-59-56-53-51-49-46-29-27-25-23-20-17-14-11-8-5-2/h7,10,16-17,19-20,24-27,30-31,33-34,46,49,74H,4-6,8-9,11-15,18,21-23,28-29,32,35-45,47-48,50-73H2,1-3H3/b10-7-,19-16-,20-17-,26-24-,27-25-,31-30-,34-33-,49-46-. The van der Waals surface area contributed by atoms with Gasteiger partial charge in [-0.1, -0.05) is 330 Å². The summed E-state index contributed by atoms with van der Waals surface area (Å²) in [4.78, 5) is 38.3. The largest absolute Gasteiger partial charge is 0.462 e. The molecule has 0 aliphatic carbocycles. The summed E-state index contributed by atoms with van der Waals surface area (Å²) in [6.07, 6.45) is 95.9. The van der Waals surface area contributed by atoms with Crippen molar-refractivity contribution in [3.63, 3.8) is 0 Å². The fourth-order valence-electron chi connectivity index (χ4n) is 10.2. The number of hydrogen-bond donors (Lipinski definition) is 0. The van der Waals surface area contributed by atoms with Crippen molar-refractivity contribution in [3.8, 4) is 0 Å². The monoisotopic (exact) mass is 1160 g/mol. The van der Waals surface area contributed by atoms with Gasteiger partial charge < -0.3 is 14.2 Å². The van der Waals surface area contributed by atoms with E-state index in [1.54, 1.807) is 0 Å². The lowest BCUT2D eigenvalue weighted by atomic mass is 10.0. The lowest BCUT2D eigenvalue weighted by molar-refractivity contribution is -0.167. The maximum atomic E-state index is 12.9. The molecular weight excluding hydrogens is 1020 g/mol. The van der Waals surface area contributed by atoms with Gasteiger partial charge in [-0.2, -0.15) is 0 Å². The van der Waals surface area contributed by atoms with Crippen LogP contribution in [0.1, 0.15) is 355 Å². The van der Waals surface area contributed by atoms with Gasteiger partial charge in [0.2, 0.25) is 0 Å². The van der Waals surface area contributed by atoms with E-state index in [1.807, 2.05) is 0 Å². The molecule has 0 fully saturated rings. The Labute approximate surface area is 515 Å². The average molecular weight is 1160 g/mol. The summed E-state index contributed by atoms with van der Waals surface area (Å²) in [5.74, 6) is -0.873. The van der Waals surface area contributed by atoms with E-state index in [0.29, 0.717) is 19.3 Å². The van der Waals surface area contributed by atoms with Crippen molar-refractivity contribution in [2.75, 3.05) is 13.2 Å². The van der Waals surface area contributed by atoms with Gasteiger partial charge in [-0.25, -0.2) is 0 Å². The Balaban J connectivity index is 4.12. The molecule has 0 heterocycles. The molecule has 0 N–H and O–H groups in total. The van der Waals surface area contributed by atoms with Crippen LogP contribution in [0.5, 0.6) is 0 Å². The van der Waals surface area contributed by atoms with Gasteiger partial charge in [0.25, 0.3) is 0 Å². The minimum Gasteiger partial charge on any atom is -0.462 e. The number of hydrogen-bond acceptors (Lipinski definition) is 6. The average Bonchev–Trinajstić information content (AvgIpc) is 3.48. The third-order valence-electron chi connectivity index (χ3n) is 15.6. The van der Waals surface area contributed by atoms with Gasteiger partial charge in [-0.05, 0) is 103 Å². The van der Waals surface area contributed by atoms with E-state index < -0.39 is 6.10 Å². The highest BCUT2D eigenvalue weighted by Gasteiger charge is 2.19. The van der Waals surface area contributed by atoms with Crippen LogP contribution in [0.15, 0.2) is 97.2 Å². The second kappa shape index (κ2) is 70.8. The van der Waals surface area contributed by atoms with E-state index in [9.17, 15) is 14.4 Å². The summed E-state index contributed by atoms with van der Waals surface area (Å²) in [5.41, 5.74) is 0. The summed E-state index contributed by atoms with van der Waals surface area (Å²) in [6, 6.07) is 0. The van der Waals surface area contributed by atoms with E-state index in [0.717, 1.165) is 116 Å². The molecule has 1 unspecified atom stereocenters. The molecule has 0 aromatic heterocycles. The van der Waals surface area contributed by atoms with Gasteiger partial charge in [0, 0.05) is 19.3 Å². The minimum absolute atomic E-state index is 0.0772. The van der Waals surface area contributed by atoms with Crippen LogP contribution in [0.3, 0.4) is 0 Å². The van der Waals surface area contributed by atoms with Crippen LogP contribution in [0.25, 0.3) is 0 Å². The third-order valence-corrected chi connectivity index (χ3v) is 15.6. The van der Waals surface area contributed by atoms with Crippen LogP contribution in [0.2, 0.25) is 0 Å². The van der Waals surface area contributed by atoms with Crippen molar-refractivity contribution in [2.24, 2.45) is 0 Å². The lowest BCUT2D eigenvalue weighted by Crippen LogP contribution is -2.30. The van der Waals surface area contributed by atoms with Crippen molar-refractivity contribution in [2.45, 2.75) is 361 Å². The fourth-order valence-corrected chi connectivity index (χ4v) is 10.2. The topological polar surface area (TPSA) is 78.9 Å². The van der Waals surface area contributed by atoms with Crippen molar-refractivity contribution < 1.29 is 28.6 Å². The van der Waals surface area contributed by atoms with Crippen molar-refractivity contribution in [1.82, 2.24) is 0 Å². The quantitative estimate of drug-likeness (QED) is 0.0261. The molecule has 0 aliphatic rings. The zero-order chi connectivity index (χ0) is 59.9. The zero-order valence-corrected chi connectivity index (χ0v) is 54.9. The van der Waals surface area contributed by atoms with E-state index in [4.69, 9.17) is 14.2 Å². The van der Waals surface area contributed by atoms with Crippen LogP contribution < -0.4 is 0 Å². The number of carbonyl (C=O) groups is 3. The van der Waals surface area contributed by atoms with E-state index in [1.165, 1.54) is 199 Å². The molecule has 0 aliphatic heterocycles. The Morgan fingerprint density at radius 2 is 0.470 bits per heavy atom. The number of unbranched alkanes of at least 4 members (excludes halogenated alkanes) is 38. The molecule has 6 heteroatoms. The molecule has 0 radical (unpaired) electrons. The van der Waals surface area contributed by atoms with E-state index in [-0.39, 0.29) is 31.1 Å². The molecule has 0 aromatic rings. The highest BCUT2D eigenvalue weighted by Crippen LogP contribution is 2.18. The van der Waals surface area contributed by atoms with Crippen molar-refractivity contribution >= 4 is 17.9 Å². The molecule has 1 atom stereocenters. The first kappa shape index (κ1) is 79.3. The second-order valence-electron chi connectivity index (χ2n) is 23.8. The van der Waals surface area contributed by atoms with Gasteiger partial charge in [-0.15, -0.1) is 0 Å². The Bertz CT molecular complexity index is 1610. The first-order chi connectivity index (χ1) is 41.0. The molecule has 0 bridgehead atoms. The number of allylic oxidation sites excluding steroid dienone is 16. The Hall–Kier alpha value is -3.67. The summed E-state index contributed by atoms with van der Waals surface area (Å²) in [5, 5.41) is 0. The van der Waals surface area contributed by atoms with Crippen LogP contribution in [-0.4, -0.2) is 37.2 Å². The number of rotatable bonds is 65. The molecule has 0 spiro atoms. The predicted octanol–water partition coefficient (Wildman–Crippen LogP) is 24.8. The highest BCUT2D eigenvalue weighted by molar-refractivity contribution is 5.71. The minimum atomic E-state index is -0.782. The van der Waals surface area contributed by atoms with Crippen LogP contribution in [-0.2, 0) is 28.6 Å². The van der Waals surface area contributed by atoms with Gasteiger partial charge >= 0.3 is 17.9 Å². The summed E-state index contributed by atoms with van der Waals surface area (Å²) in [7, 11) is 0. The van der Waals surface area contributed by atoms with Crippen molar-refractivity contribution in [3.05, 3.63) is 97.2 Å². The summed E-state index contributed by atoms with van der Waals surface area (Å²) >= 11 is 0. The normalized spacial score (nSPS) is 12.7. The molecule has 0 rings (SSSR count). The van der Waals surface area contributed by atoms with E-state index in [2.05, 4.69) is 118 Å². The van der Waals surface area contributed by atoms with Gasteiger partial charge in [0.1, 0.15) is 13.2 Å². The van der Waals surface area contributed by atoms with Crippen LogP contribution in [0.4, 0.5) is 0 Å². The lowest BCUT2D eigenvalue weighted by Gasteiger charge is -2.18. The van der Waals surface area contributed by atoms with Gasteiger partial charge in [0.15, 0.2) is 6.10 Å². The van der Waals surface area contributed by atoms with Crippen LogP contribution in [0, 0.1) is 0 Å². The Morgan fingerprint density at radius 1 is 0.253 bits per heavy atom. The molecule has 0 saturated heterocycles. The summed E-state index contributed by atoms with van der Waals surface area (Å²) in [6.45, 7) is 6.52. The molecule has 0 aromatic carbocycles.